The van der Waals surface area contributed by atoms with Crippen molar-refractivity contribution in [3.05, 3.63) is 83.4 Å². The summed E-state index contributed by atoms with van der Waals surface area (Å²) in [5.74, 6) is 3.40. The zero-order valence-corrected chi connectivity index (χ0v) is 16.3. The second-order valence-electron chi connectivity index (χ2n) is 7.31. The number of benzene rings is 3. The lowest BCUT2D eigenvalue weighted by atomic mass is 10.1. The number of para-hydroxylation sites is 2. The van der Waals surface area contributed by atoms with E-state index in [9.17, 15) is 0 Å². The first-order chi connectivity index (χ1) is 14.3. The Morgan fingerprint density at radius 2 is 1.76 bits per heavy atom. The molecule has 5 nitrogen and oxygen atoms in total. The Morgan fingerprint density at radius 3 is 2.69 bits per heavy atom. The predicted molar refractivity (Wildman–Crippen MR) is 109 cm³/mol. The van der Waals surface area contributed by atoms with Gasteiger partial charge < -0.3 is 18.9 Å². The zero-order chi connectivity index (χ0) is 19.6. The van der Waals surface area contributed by atoms with Gasteiger partial charge >= 0.3 is 0 Å². The summed E-state index contributed by atoms with van der Waals surface area (Å²) >= 11 is 0. The fraction of sp³-hybridized carbons (Fsp3) is 0.250. The average Bonchev–Trinajstić information content (AvgIpc) is 3.14. The van der Waals surface area contributed by atoms with Crippen molar-refractivity contribution < 1.29 is 18.9 Å². The van der Waals surface area contributed by atoms with Crippen molar-refractivity contribution in [1.82, 2.24) is 4.90 Å². The van der Waals surface area contributed by atoms with E-state index in [4.69, 9.17) is 18.9 Å². The van der Waals surface area contributed by atoms with Gasteiger partial charge in [-0.3, -0.25) is 4.90 Å². The van der Waals surface area contributed by atoms with Gasteiger partial charge in [-0.15, -0.1) is 0 Å². The van der Waals surface area contributed by atoms with E-state index in [0.717, 1.165) is 48.2 Å². The van der Waals surface area contributed by atoms with Crippen molar-refractivity contribution in [3.8, 4) is 23.0 Å². The summed E-state index contributed by atoms with van der Waals surface area (Å²) in [7, 11) is 1.70. The largest absolute Gasteiger partial charge is 0.496 e. The second kappa shape index (κ2) is 7.68. The van der Waals surface area contributed by atoms with E-state index < -0.39 is 0 Å². The molecule has 3 aromatic carbocycles. The van der Waals surface area contributed by atoms with Crippen LogP contribution in [0.15, 0.2) is 66.7 Å². The van der Waals surface area contributed by atoms with Crippen LogP contribution < -0.4 is 18.9 Å². The van der Waals surface area contributed by atoms with E-state index in [1.807, 2.05) is 36.4 Å². The van der Waals surface area contributed by atoms with Gasteiger partial charge in [0.05, 0.1) is 7.11 Å². The van der Waals surface area contributed by atoms with Gasteiger partial charge in [-0.1, -0.05) is 42.5 Å². The molecule has 2 heterocycles. The molecule has 0 saturated heterocycles. The molecule has 0 N–H and O–H groups in total. The first-order valence-corrected chi connectivity index (χ1v) is 9.78. The van der Waals surface area contributed by atoms with Gasteiger partial charge in [0.1, 0.15) is 17.6 Å². The summed E-state index contributed by atoms with van der Waals surface area (Å²) in [4.78, 5) is 2.40. The first-order valence-electron chi connectivity index (χ1n) is 9.78. The summed E-state index contributed by atoms with van der Waals surface area (Å²) in [5.41, 5.74) is 3.43. The number of methoxy groups -OCH3 is 1. The lowest BCUT2D eigenvalue weighted by Gasteiger charge is -2.25. The predicted octanol–water partition coefficient (Wildman–Crippen LogP) is 4.56. The van der Waals surface area contributed by atoms with Gasteiger partial charge in [0.25, 0.3) is 0 Å². The molecule has 2 aliphatic rings. The van der Waals surface area contributed by atoms with Gasteiger partial charge in [-0.25, -0.2) is 0 Å². The Kier molecular flexibility index (Phi) is 4.74. The van der Waals surface area contributed by atoms with Crippen LogP contribution in [0.3, 0.4) is 0 Å². The highest BCUT2D eigenvalue weighted by molar-refractivity contribution is 5.45. The molecule has 0 saturated carbocycles. The smallest absolute Gasteiger partial charge is 0.231 e. The molecule has 3 aromatic rings. The Bertz CT molecular complexity index is 1020. The Hall–Kier alpha value is -3.18. The fourth-order valence-electron chi connectivity index (χ4n) is 3.99. The quantitative estimate of drug-likeness (QED) is 0.654. The standard InChI is InChI=1S/C24H23NO4/c1-26-21-9-5-3-7-19(21)24-15-25(14-18-6-2-4-8-20(18)29-24)13-17-10-11-22-23(12-17)28-16-27-22/h2-12,24H,13-16H2,1H3. The molecular weight excluding hydrogens is 366 g/mol. The minimum Gasteiger partial charge on any atom is -0.496 e. The normalized spacial score (nSPS) is 17.9. The third-order valence-electron chi connectivity index (χ3n) is 5.39. The van der Waals surface area contributed by atoms with Crippen LogP contribution in [0.5, 0.6) is 23.0 Å². The van der Waals surface area contributed by atoms with Crippen LogP contribution in [0.25, 0.3) is 0 Å². The minimum absolute atomic E-state index is 0.121. The molecule has 1 unspecified atom stereocenters. The summed E-state index contributed by atoms with van der Waals surface area (Å²) in [6.07, 6.45) is -0.121. The maximum absolute atomic E-state index is 6.46. The van der Waals surface area contributed by atoms with E-state index in [-0.39, 0.29) is 6.10 Å². The maximum Gasteiger partial charge on any atom is 0.231 e. The molecule has 0 radical (unpaired) electrons. The number of fused-ring (bicyclic) bond motifs is 2. The van der Waals surface area contributed by atoms with Crippen LogP contribution >= 0.6 is 0 Å². The topological polar surface area (TPSA) is 40.2 Å². The molecule has 148 valence electrons. The Morgan fingerprint density at radius 1 is 0.931 bits per heavy atom. The van der Waals surface area contributed by atoms with Crippen molar-refractivity contribution in [1.29, 1.82) is 0 Å². The minimum atomic E-state index is -0.121. The summed E-state index contributed by atoms with van der Waals surface area (Å²) in [5, 5.41) is 0. The van der Waals surface area contributed by atoms with E-state index in [2.05, 4.69) is 35.2 Å². The lowest BCUT2D eigenvalue weighted by Crippen LogP contribution is -2.28. The number of hydrogen-bond acceptors (Lipinski definition) is 5. The highest BCUT2D eigenvalue weighted by Gasteiger charge is 2.26. The molecule has 2 aliphatic heterocycles. The van der Waals surface area contributed by atoms with Crippen LogP contribution in [0.2, 0.25) is 0 Å². The average molecular weight is 389 g/mol. The van der Waals surface area contributed by atoms with Crippen molar-refractivity contribution >= 4 is 0 Å². The number of ether oxygens (including phenoxy) is 4. The van der Waals surface area contributed by atoms with E-state index >= 15 is 0 Å². The van der Waals surface area contributed by atoms with Crippen LogP contribution in [0, 0.1) is 0 Å². The molecule has 0 aliphatic carbocycles. The van der Waals surface area contributed by atoms with E-state index in [1.54, 1.807) is 7.11 Å². The highest BCUT2D eigenvalue weighted by Crippen LogP contribution is 2.36. The molecule has 0 bridgehead atoms. The van der Waals surface area contributed by atoms with Crippen LogP contribution in [0.4, 0.5) is 0 Å². The van der Waals surface area contributed by atoms with Crippen LogP contribution in [-0.2, 0) is 13.1 Å². The molecule has 1 atom stereocenters. The number of hydrogen-bond donors (Lipinski definition) is 0. The highest BCUT2D eigenvalue weighted by atomic mass is 16.7. The summed E-state index contributed by atoms with van der Waals surface area (Å²) in [6, 6.07) is 22.5. The zero-order valence-electron chi connectivity index (χ0n) is 16.3. The lowest BCUT2D eigenvalue weighted by molar-refractivity contribution is 0.141. The van der Waals surface area contributed by atoms with Crippen molar-refractivity contribution in [2.24, 2.45) is 0 Å². The molecular formula is C24H23NO4. The molecule has 0 fully saturated rings. The molecule has 0 aromatic heterocycles. The van der Waals surface area contributed by atoms with Gasteiger partial charge in [0, 0.05) is 30.8 Å². The van der Waals surface area contributed by atoms with Crippen molar-refractivity contribution in [3.63, 3.8) is 0 Å². The third-order valence-corrected chi connectivity index (χ3v) is 5.39. The first kappa shape index (κ1) is 17.9. The van der Waals surface area contributed by atoms with Gasteiger partial charge in [-0.05, 0) is 29.8 Å². The SMILES string of the molecule is COc1ccccc1C1CN(Cc2ccc3c(c2)OCO3)Cc2ccccc2O1. The maximum atomic E-state index is 6.46. The number of nitrogens with zero attached hydrogens (tertiary/aromatic N) is 1. The molecule has 0 spiro atoms. The van der Waals surface area contributed by atoms with Crippen molar-refractivity contribution in [2.75, 3.05) is 20.4 Å². The van der Waals surface area contributed by atoms with E-state index in [0.29, 0.717) is 6.79 Å². The van der Waals surface area contributed by atoms with Crippen LogP contribution in [-0.4, -0.2) is 25.3 Å². The molecule has 29 heavy (non-hydrogen) atoms. The summed E-state index contributed by atoms with van der Waals surface area (Å²) < 4.78 is 23.1. The van der Waals surface area contributed by atoms with Crippen LogP contribution in [0.1, 0.15) is 22.8 Å². The Balaban J connectivity index is 1.47. The molecule has 5 rings (SSSR count). The number of rotatable bonds is 4. The van der Waals surface area contributed by atoms with E-state index in [1.165, 1.54) is 11.1 Å². The molecule has 5 heteroatoms. The fourth-order valence-corrected chi connectivity index (χ4v) is 3.99. The summed E-state index contributed by atoms with van der Waals surface area (Å²) in [6.45, 7) is 2.65. The Labute approximate surface area is 170 Å². The van der Waals surface area contributed by atoms with Gasteiger partial charge in [0.2, 0.25) is 6.79 Å². The second-order valence-corrected chi connectivity index (χ2v) is 7.31. The monoisotopic (exact) mass is 389 g/mol. The van der Waals surface area contributed by atoms with Gasteiger partial charge in [0.15, 0.2) is 11.5 Å². The van der Waals surface area contributed by atoms with Crippen molar-refractivity contribution in [2.45, 2.75) is 19.2 Å². The third kappa shape index (κ3) is 3.61. The van der Waals surface area contributed by atoms with Gasteiger partial charge in [-0.2, -0.15) is 0 Å². The molecule has 0 amide bonds.